The first-order valence-corrected chi connectivity index (χ1v) is 13.5. The van der Waals surface area contributed by atoms with Crippen molar-refractivity contribution < 1.29 is 4.79 Å². The van der Waals surface area contributed by atoms with Crippen LogP contribution in [0.15, 0.2) is 24.5 Å². The summed E-state index contributed by atoms with van der Waals surface area (Å²) in [5, 5.41) is 4.59. The van der Waals surface area contributed by atoms with Crippen molar-refractivity contribution in [2.24, 2.45) is 40.7 Å². The molecule has 33 heavy (non-hydrogen) atoms. The molecule has 0 bridgehead atoms. The van der Waals surface area contributed by atoms with Crippen LogP contribution < -0.4 is 5.73 Å². The van der Waals surface area contributed by atoms with Crippen LogP contribution in [0.25, 0.3) is 11.0 Å². The Labute approximate surface area is 198 Å². The van der Waals surface area contributed by atoms with Gasteiger partial charge in [0.25, 0.3) is 0 Å². The minimum absolute atomic E-state index is 0.0293. The first-order chi connectivity index (χ1) is 15.9. The van der Waals surface area contributed by atoms with Crippen molar-refractivity contribution in [2.45, 2.75) is 97.1 Å². The van der Waals surface area contributed by atoms with Crippen LogP contribution in [-0.2, 0) is 11.3 Å². The first-order valence-electron chi connectivity index (χ1n) is 13.5. The number of ketones is 1. The van der Waals surface area contributed by atoms with Gasteiger partial charge in [-0.1, -0.05) is 46.5 Å². The van der Waals surface area contributed by atoms with E-state index in [1.54, 1.807) is 10.9 Å². The Balaban J connectivity index is 1.36. The molecule has 2 N–H and O–H groups in total. The topological polar surface area (TPSA) is 73.8 Å². The molecule has 2 heterocycles. The van der Waals surface area contributed by atoms with E-state index in [4.69, 9.17) is 5.73 Å². The Hall–Kier alpha value is -1.75. The molecule has 2 aromatic rings. The number of Topliss-reactive ketones (excluding diaryl/α,β-unsaturated/α-hetero) is 1. The summed E-state index contributed by atoms with van der Waals surface area (Å²) in [6, 6.07) is 3.85. The predicted octanol–water partition coefficient (Wildman–Crippen LogP) is 5.77. The third-order valence-corrected chi connectivity index (χ3v) is 10.1. The van der Waals surface area contributed by atoms with E-state index in [9.17, 15) is 4.79 Å². The number of nitrogens with two attached hydrogens (primary N) is 1. The molecule has 0 aromatic carbocycles. The largest absolute Gasteiger partial charge is 0.325 e. The second-order valence-corrected chi connectivity index (χ2v) is 11.7. The van der Waals surface area contributed by atoms with Crippen LogP contribution >= 0.6 is 0 Å². The maximum Gasteiger partial charge on any atom is 0.157 e. The molecule has 5 rings (SSSR count). The van der Waals surface area contributed by atoms with Gasteiger partial charge < -0.3 is 5.73 Å². The quantitative estimate of drug-likeness (QED) is 0.581. The van der Waals surface area contributed by atoms with Crippen LogP contribution in [0.5, 0.6) is 0 Å². The number of hydrogen-bond donors (Lipinski definition) is 1. The molecule has 0 saturated heterocycles. The maximum absolute atomic E-state index is 13.6. The van der Waals surface area contributed by atoms with Gasteiger partial charge in [0.15, 0.2) is 5.78 Å². The van der Waals surface area contributed by atoms with Crippen molar-refractivity contribution in [1.82, 2.24) is 14.8 Å². The van der Waals surface area contributed by atoms with E-state index in [0.717, 1.165) is 48.6 Å². The summed E-state index contributed by atoms with van der Waals surface area (Å²) in [6.45, 7) is 7.41. The lowest BCUT2D eigenvalue weighted by atomic mass is 9.47. The molecule has 7 atom stereocenters. The normalized spacial score (nSPS) is 38.2. The number of fused-ring (bicyclic) bond motifs is 4. The molecule has 3 fully saturated rings. The first kappa shape index (κ1) is 23.0. The molecular weight excluding hydrogens is 408 g/mol. The molecule has 5 heteroatoms. The van der Waals surface area contributed by atoms with Crippen molar-refractivity contribution >= 4 is 16.8 Å². The maximum atomic E-state index is 13.6. The van der Waals surface area contributed by atoms with Gasteiger partial charge in [-0.3, -0.25) is 14.5 Å². The van der Waals surface area contributed by atoms with Gasteiger partial charge in [-0.05, 0) is 79.7 Å². The van der Waals surface area contributed by atoms with Gasteiger partial charge in [0.1, 0.15) is 11.0 Å². The lowest BCUT2D eigenvalue weighted by Gasteiger charge is -2.60. The third-order valence-electron chi connectivity index (χ3n) is 10.1. The number of pyridine rings is 1. The lowest BCUT2D eigenvalue weighted by Crippen LogP contribution is -2.65. The van der Waals surface area contributed by atoms with Gasteiger partial charge in [-0.25, -0.2) is 0 Å². The molecular formula is C28H42N4O. The summed E-state index contributed by atoms with van der Waals surface area (Å²) in [4.78, 5) is 18.0. The fourth-order valence-corrected chi connectivity index (χ4v) is 8.69. The molecule has 2 aromatic heterocycles. The zero-order chi connectivity index (χ0) is 23.2. The third kappa shape index (κ3) is 3.75. The standard InChI is InChI=1S/C28H42N4O/c1-4-7-19-12-15-28(29)21(20(19)8-5-2)13-14-27(3)22(10-11-26(27)28)25(33)18-32-17-24-23(31-32)9-6-16-30-24/h6,9,16-17,19-22,26H,4-5,7-8,10-15,18,29H2,1-3H3. The van der Waals surface area contributed by atoms with Crippen molar-refractivity contribution in [3.05, 3.63) is 24.5 Å². The molecule has 7 unspecified atom stereocenters. The summed E-state index contributed by atoms with van der Waals surface area (Å²) in [6.07, 6.45) is 15.8. The van der Waals surface area contributed by atoms with Crippen molar-refractivity contribution in [3.8, 4) is 0 Å². The Morgan fingerprint density at radius 3 is 2.70 bits per heavy atom. The van der Waals surface area contributed by atoms with Gasteiger partial charge in [0, 0.05) is 17.7 Å². The summed E-state index contributed by atoms with van der Waals surface area (Å²) < 4.78 is 1.80. The van der Waals surface area contributed by atoms with Crippen molar-refractivity contribution in [2.75, 3.05) is 0 Å². The van der Waals surface area contributed by atoms with E-state index in [1.165, 1.54) is 38.5 Å². The van der Waals surface area contributed by atoms with Gasteiger partial charge in [0.2, 0.25) is 0 Å². The Bertz CT molecular complexity index is 968. The molecule has 0 radical (unpaired) electrons. The number of rotatable bonds is 7. The monoisotopic (exact) mass is 450 g/mol. The molecule has 0 spiro atoms. The molecule has 3 aliphatic carbocycles. The highest BCUT2D eigenvalue weighted by Gasteiger charge is 2.63. The second-order valence-electron chi connectivity index (χ2n) is 11.7. The molecule has 180 valence electrons. The van der Waals surface area contributed by atoms with Crippen LogP contribution in [0.1, 0.15) is 85.0 Å². The van der Waals surface area contributed by atoms with Crippen LogP contribution in [0.4, 0.5) is 0 Å². The predicted molar refractivity (Wildman–Crippen MR) is 133 cm³/mol. The van der Waals surface area contributed by atoms with E-state index in [0.29, 0.717) is 24.2 Å². The minimum atomic E-state index is -0.0869. The van der Waals surface area contributed by atoms with Gasteiger partial charge in [0.05, 0.1) is 12.7 Å². The summed E-state index contributed by atoms with van der Waals surface area (Å²) in [5.41, 5.74) is 9.09. The fraction of sp³-hybridized carbons (Fsp3) is 0.750. The van der Waals surface area contributed by atoms with E-state index in [1.807, 2.05) is 18.3 Å². The average Bonchev–Trinajstić information content (AvgIpc) is 3.36. The smallest absolute Gasteiger partial charge is 0.157 e. The van der Waals surface area contributed by atoms with Gasteiger partial charge in [-0.2, -0.15) is 5.10 Å². The zero-order valence-corrected chi connectivity index (χ0v) is 20.8. The second kappa shape index (κ2) is 8.79. The SMILES string of the molecule is CCCC1CCC2(N)C(CCC3(C)C(C(=O)Cn4cc5ncccc5n4)CCC32)C1CCC. The van der Waals surface area contributed by atoms with E-state index >= 15 is 0 Å². The van der Waals surface area contributed by atoms with Crippen molar-refractivity contribution in [1.29, 1.82) is 0 Å². The number of carbonyl (C=O) groups excluding carboxylic acids is 1. The van der Waals surface area contributed by atoms with E-state index in [2.05, 4.69) is 30.9 Å². The molecule has 0 amide bonds. The summed E-state index contributed by atoms with van der Waals surface area (Å²) >= 11 is 0. The number of carbonyl (C=O) groups is 1. The van der Waals surface area contributed by atoms with Gasteiger partial charge >= 0.3 is 0 Å². The highest BCUT2D eigenvalue weighted by Crippen LogP contribution is 2.64. The fourth-order valence-electron chi connectivity index (χ4n) is 8.69. The Morgan fingerprint density at radius 1 is 1.12 bits per heavy atom. The highest BCUT2D eigenvalue weighted by atomic mass is 16.1. The Morgan fingerprint density at radius 2 is 1.94 bits per heavy atom. The molecule has 5 nitrogen and oxygen atoms in total. The number of aromatic nitrogens is 3. The molecule has 3 aliphatic rings. The van der Waals surface area contributed by atoms with Crippen LogP contribution in [0.2, 0.25) is 0 Å². The van der Waals surface area contributed by atoms with Gasteiger partial charge in [-0.15, -0.1) is 0 Å². The van der Waals surface area contributed by atoms with E-state index in [-0.39, 0.29) is 16.9 Å². The minimum Gasteiger partial charge on any atom is -0.325 e. The molecule has 0 aliphatic heterocycles. The van der Waals surface area contributed by atoms with Crippen LogP contribution in [0.3, 0.4) is 0 Å². The number of hydrogen-bond acceptors (Lipinski definition) is 4. The summed E-state index contributed by atoms with van der Waals surface area (Å²) in [7, 11) is 0. The average molecular weight is 451 g/mol. The highest BCUT2D eigenvalue weighted by molar-refractivity contribution is 5.83. The Kier molecular flexibility index (Phi) is 6.13. The molecule has 3 saturated carbocycles. The van der Waals surface area contributed by atoms with E-state index < -0.39 is 0 Å². The lowest BCUT2D eigenvalue weighted by molar-refractivity contribution is -0.132. The van der Waals surface area contributed by atoms with Crippen LogP contribution in [-0.4, -0.2) is 26.1 Å². The van der Waals surface area contributed by atoms with Crippen molar-refractivity contribution in [3.63, 3.8) is 0 Å². The summed E-state index contributed by atoms with van der Waals surface area (Å²) in [5.74, 6) is 3.16. The number of nitrogens with zero attached hydrogens (tertiary/aromatic N) is 3. The zero-order valence-electron chi connectivity index (χ0n) is 20.8. The van der Waals surface area contributed by atoms with Crippen LogP contribution in [0, 0.1) is 35.0 Å².